The molecule has 0 amide bonds. The fourth-order valence-corrected chi connectivity index (χ4v) is 0. The Balaban J connectivity index is 3.79. The Morgan fingerprint density at radius 1 is 1.43 bits per heavy atom. The normalized spacial score (nSPS) is 11.4. The summed E-state index contributed by atoms with van der Waals surface area (Å²) in [5, 5.41) is -0.174. The lowest BCUT2D eigenvalue weighted by molar-refractivity contribution is -0.316. The first-order valence-electron chi connectivity index (χ1n) is 2.16. The van der Waals surface area contributed by atoms with Gasteiger partial charge in [0, 0.05) is 0 Å². The predicted molar refractivity (Wildman–Crippen MR) is 25.9 cm³/mol. The smallest absolute Gasteiger partial charge is 0.225 e. The van der Waals surface area contributed by atoms with Crippen LogP contribution in [0.5, 0.6) is 0 Å². The minimum atomic E-state index is -0.324. The molecule has 0 aliphatic heterocycles. The van der Waals surface area contributed by atoms with E-state index in [0.29, 0.717) is 0 Å². The summed E-state index contributed by atoms with van der Waals surface area (Å²) in [5.41, 5.74) is -0.324. The van der Waals surface area contributed by atoms with Gasteiger partial charge in [-0.05, 0) is 20.8 Å². The molecule has 0 aliphatic carbocycles. The molecule has 2 heteroatoms. The summed E-state index contributed by atoms with van der Waals surface area (Å²) >= 11 is 4.38. The average molecular weight is 122 g/mol. The van der Waals surface area contributed by atoms with Gasteiger partial charge in [-0.15, -0.1) is 0 Å². The summed E-state index contributed by atoms with van der Waals surface area (Å²) in [4.78, 5) is 10.3. The molecule has 0 saturated carbocycles. The van der Waals surface area contributed by atoms with Crippen LogP contribution < -0.4 is 0 Å². The summed E-state index contributed by atoms with van der Waals surface area (Å²) in [7, 11) is 0. The molecule has 0 fully saturated rings. The van der Waals surface area contributed by atoms with E-state index >= 15 is 0 Å². The monoisotopic (exact) mass is 121 g/mol. The maximum atomic E-state index is 10.3. The largest absolute Gasteiger partial charge is 0.404 e. The van der Waals surface area contributed by atoms with Crippen LogP contribution in [-0.4, -0.2) is 5.24 Å². The van der Waals surface area contributed by atoms with Gasteiger partial charge in [-0.3, -0.25) is 0 Å². The highest BCUT2D eigenvalue weighted by Crippen LogP contribution is 2.12. The van der Waals surface area contributed by atoms with E-state index in [-0.39, 0.29) is 10.7 Å². The number of rotatable bonds is 0. The lowest BCUT2D eigenvalue weighted by atomic mass is 10.00. The maximum absolute atomic E-state index is 10.3. The zero-order valence-corrected chi connectivity index (χ0v) is 5.63. The van der Waals surface area contributed by atoms with Crippen LogP contribution in [0.25, 0.3) is 0 Å². The zero-order valence-electron chi connectivity index (χ0n) is 4.82. The third-order valence-corrected chi connectivity index (χ3v) is 1.22. The minimum Gasteiger partial charge on any atom is -0.225 e. The fourth-order valence-electron chi connectivity index (χ4n) is 0. The second-order valence-corrected chi connectivity index (χ2v) is 2.91. The van der Waals surface area contributed by atoms with Gasteiger partial charge in [0.05, 0.1) is 5.41 Å². The van der Waals surface area contributed by atoms with Crippen molar-refractivity contribution in [3.8, 4) is 0 Å². The molecule has 7 heavy (non-hydrogen) atoms. The third-order valence-electron chi connectivity index (χ3n) is 0.612. The molecule has 1 nitrogen and oxygen atoms in total. The van der Waals surface area contributed by atoms with Crippen molar-refractivity contribution in [2.45, 2.75) is 20.8 Å². The van der Waals surface area contributed by atoms with Gasteiger partial charge in [0.2, 0.25) is 0 Å². The van der Waals surface area contributed by atoms with Crippen molar-refractivity contribution < 1.29 is 16.4 Å². The molecular formula is C5H10ClO+. The SMILES string of the molecule is CC(C)(C)C(=O)[ClH+]. The van der Waals surface area contributed by atoms with Crippen LogP contribution in [0, 0.1) is 17.0 Å². The lowest BCUT2D eigenvalue weighted by Gasteiger charge is -2.02. The van der Waals surface area contributed by atoms with E-state index in [1.807, 2.05) is 20.8 Å². The van der Waals surface area contributed by atoms with Gasteiger partial charge in [0.1, 0.15) is 0 Å². The molecule has 0 radical (unpaired) electrons. The van der Waals surface area contributed by atoms with Gasteiger partial charge < -0.3 is 0 Å². The Morgan fingerprint density at radius 2 is 1.57 bits per heavy atom. The van der Waals surface area contributed by atoms with Crippen molar-refractivity contribution in [2.24, 2.45) is 5.41 Å². The standard InChI is InChI=1S/C5H10ClO/c1-5(2,3)4(6)7/h6H,1-3H3/q+1. The highest BCUT2D eigenvalue weighted by atomic mass is 35.5. The topological polar surface area (TPSA) is 17.1 Å². The fraction of sp³-hybridized carbons (Fsp3) is 0.800. The van der Waals surface area contributed by atoms with Gasteiger partial charge in [-0.25, -0.2) is 4.79 Å². The van der Waals surface area contributed by atoms with Crippen LogP contribution >= 0.6 is 0 Å². The van der Waals surface area contributed by atoms with Crippen LogP contribution in [0.15, 0.2) is 0 Å². The molecule has 0 spiro atoms. The van der Waals surface area contributed by atoms with Crippen molar-refractivity contribution in [3.05, 3.63) is 0 Å². The van der Waals surface area contributed by atoms with Crippen molar-refractivity contribution in [1.29, 1.82) is 0 Å². The lowest BCUT2D eigenvalue weighted by Crippen LogP contribution is -2.16. The first-order valence-corrected chi connectivity index (χ1v) is 2.57. The number of carbonyl (C=O) groups excluding carboxylic acids is 1. The van der Waals surface area contributed by atoms with Gasteiger partial charge in [0.25, 0.3) is 0 Å². The van der Waals surface area contributed by atoms with E-state index < -0.39 is 0 Å². The predicted octanol–water partition coefficient (Wildman–Crippen LogP) is 0.841. The van der Waals surface area contributed by atoms with Crippen molar-refractivity contribution >= 4 is 5.24 Å². The molecule has 0 rings (SSSR count). The van der Waals surface area contributed by atoms with E-state index in [1.165, 1.54) is 0 Å². The Bertz CT molecular complexity index is 80.6. The van der Waals surface area contributed by atoms with E-state index in [2.05, 4.69) is 11.6 Å². The molecule has 0 aromatic heterocycles. The Labute approximate surface area is 48.7 Å². The van der Waals surface area contributed by atoms with E-state index in [4.69, 9.17) is 0 Å². The molecule has 0 unspecified atom stereocenters. The second kappa shape index (κ2) is 1.83. The molecule has 0 aromatic rings. The number of carbonyl (C=O) groups is 1. The molecular weight excluding hydrogens is 112 g/mol. The molecule has 0 saturated heterocycles. The van der Waals surface area contributed by atoms with Crippen LogP contribution in [-0.2, 0) is 4.79 Å². The van der Waals surface area contributed by atoms with E-state index in [0.717, 1.165) is 0 Å². The van der Waals surface area contributed by atoms with Crippen molar-refractivity contribution in [1.82, 2.24) is 0 Å². The molecule has 0 aromatic carbocycles. The number of hydrogen-bond acceptors (Lipinski definition) is 1. The van der Waals surface area contributed by atoms with Crippen LogP contribution in [0.1, 0.15) is 20.8 Å². The van der Waals surface area contributed by atoms with Gasteiger partial charge in [-0.1, -0.05) is 0 Å². The van der Waals surface area contributed by atoms with Gasteiger partial charge >= 0.3 is 5.24 Å². The Kier molecular flexibility index (Phi) is 1.82. The van der Waals surface area contributed by atoms with Crippen molar-refractivity contribution in [2.75, 3.05) is 0 Å². The van der Waals surface area contributed by atoms with Gasteiger partial charge in [-0.2, -0.15) is 0 Å². The van der Waals surface area contributed by atoms with E-state index in [1.54, 1.807) is 0 Å². The highest BCUT2D eigenvalue weighted by molar-refractivity contribution is 5.70. The van der Waals surface area contributed by atoms with E-state index in [9.17, 15) is 4.79 Å². The zero-order chi connectivity index (χ0) is 6.08. The summed E-state index contributed by atoms with van der Waals surface area (Å²) in [6, 6.07) is 0. The molecule has 42 valence electrons. The van der Waals surface area contributed by atoms with Gasteiger partial charge in [0.15, 0.2) is 11.6 Å². The Hall–Kier alpha value is -0.0400. The minimum absolute atomic E-state index is 0.174. The average Bonchev–Trinajstić information content (AvgIpc) is 1.31. The maximum Gasteiger partial charge on any atom is 0.404 e. The Morgan fingerprint density at radius 3 is 1.57 bits per heavy atom. The quantitative estimate of drug-likeness (QED) is 0.434. The summed E-state index contributed by atoms with van der Waals surface area (Å²) < 4.78 is 0. The van der Waals surface area contributed by atoms with Crippen LogP contribution in [0.3, 0.4) is 0 Å². The summed E-state index contributed by atoms with van der Waals surface area (Å²) in [5.74, 6) is 0. The summed E-state index contributed by atoms with van der Waals surface area (Å²) in [6.07, 6.45) is 0. The highest BCUT2D eigenvalue weighted by Gasteiger charge is 2.25. The summed E-state index contributed by atoms with van der Waals surface area (Å²) in [6.45, 7) is 5.42. The van der Waals surface area contributed by atoms with Crippen LogP contribution in [0.2, 0.25) is 0 Å². The van der Waals surface area contributed by atoms with Crippen molar-refractivity contribution in [3.63, 3.8) is 0 Å². The number of halogens is 1. The molecule has 0 bridgehead atoms. The van der Waals surface area contributed by atoms with Crippen LogP contribution in [0.4, 0.5) is 0 Å². The molecule has 0 N–H and O–H groups in total. The molecule has 0 heterocycles. The third kappa shape index (κ3) is 2.63. The molecule has 0 aliphatic rings. The second-order valence-electron chi connectivity index (χ2n) is 2.54. The molecule has 0 atom stereocenters. The number of hydrogen-bond donors (Lipinski definition) is 0. The first-order chi connectivity index (χ1) is 2.94. The first kappa shape index (κ1) is 6.96.